The van der Waals surface area contributed by atoms with Gasteiger partial charge in [0, 0.05) is 13.2 Å². The predicted octanol–water partition coefficient (Wildman–Crippen LogP) is 4.25. The summed E-state index contributed by atoms with van der Waals surface area (Å²) in [6.45, 7) is 9.47. The summed E-state index contributed by atoms with van der Waals surface area (Å²) in [7, 11) is -0.555. The van der Waals surface area contributed by atoms with E-state index in [9.17, 15) is 18.4 Å². The summed E-state index contributed by atoms with van der Waals surface area (Å²) in [5.41, 5.74) is 0.981. The van der Waals surface area contributed by atoms with Crippen molar-refractivity contribution in [1.82, 2.24) is 5.32 Å². The standard InChI is InChI=1S/C23H28F2N2O4Si/c1-6-11-31-23(29)27-21(16-9-7-15(8-10-16)14-30-2)22(28)26-19-12-18(25)20(13-17(19)24)32(3,4)5/h6-10,12-13,21H,1,11,14H2,2-5H3,(H,26,28)(H,27,29)/t21-/m1/s1. The molecule has 2 aromatic rings. The fourth-order valence-electron chi connectivity index (χ4n) is 2.99. The van der Waals surface area contributed by atoms with Crippen molar-refractivity contribution in [3.63, 3.8) is 0 Å². The second kappa shape index (κ2) is 11.0. The van der Waals surface area contributed by atoms with Gasteiger partial charge in [0.25, 0.3) is 5.91 Å². The highest BCUT2D eigenvalue weighted by Crippen LogP contribution is 2.21. The maximum Gasteiger partial charge on any atom is 0.408 e. The van der Waals surface area contributed by atoms with E-state index in [0.717, 1.165) is 17.7 Å². The van der Waals surface area contributed by atoms with Crippen LogP contribution in [0.3, 0.4) is 0 Å². The van der Waals surface area contributed by atoms with E-state index in [4.69, 9.17) is 9.47 Å². The highest BCUT2D eigenvalue weighted by Gasteiger charge is 2.27. The van der Waals surface area contributed by atoms with Gasteiger partial charge in [0.15, 0.2) is 0 Å². The van der Waals surface area contributed by atoms with Crippen molar-refractivity contribution in [3.8, 4) is 0 Å². The molecule has 0 saturated heterocycles. The van der Waals surface area contributed by atoms with E-state index in [1.165, 1.54) is 6.08 Å². The lowest BCUT2D eigenvalue weighted by Gasteiger charge is -2.21. The van der Waals surface area contributed by atoms with Crippen molar-refractivity contribution >= 4 is 30.9 Å². The Kier molecular flexibility index (Phi) is 8.68. The van der Waals surface area contributed by atoms with Gasteiger partial charge in [-0.05, 0) is 22.4 Å². The Bertz CT molecular complexity index is 975. The second-order valence-corrected chi connectivity index (χ2v) is 13.2. The summed E-state index contributed by atoms with van der Waals surface area (Å²) in [4.78, 5) is 25.0. The minimum atomic E-state index is -2.11. The molecule has 2 rings (SSSR count). The van der Waals surface area contributed by atoms with Crippen molar-refractivity contribution in [1.29, 1.82) is 0 Å². The highest BCUT2D eigenvalue weighted by molar-refractivity contribution is 6.88. The second-order valence-electron chi connectivity index (χ2n) is 8.19. The van der Waals surface area contributed by atoms with Crippen molar-refractivity contribution in [2.75, 3.05) is 19.0 Å². The molecule has 32 heavy (non-hydrogen) atoms. The van der Waals surface area contributed by atoms with Crippen molar-refractivity contribution in [3.05, 3.63) is 71.8 Å². The number of halogens is 2. The number of amides is 2. The van der Waals surface area contributed by atoms with Crippen LogP contribution in [-0.4, -0.2) is 33.8 Å². The third-order valence-corrected chi connectivity index (χ3v) is 6.60. The summed E-state index contributed by atoms with van der Waals surface area (Å²) in [5.74, 6) is -2.08. The van der Waals surface area contributed by atoms with Gasteiger partial charge in [-0.25, -0.2) is 13.6 Å². The van der Waals surface area contributed by atoms with Gasteiger partial charge in [-0.15, -0.1) is 0 Å². The van der Waals surface area contributed by atoms with E-state index >= 15 is 0 Å². The van der Waals surface area contributed by atoms with Crippen molar-refractivity contribution < 1.29 is 27.8 Å². The number of hydrogen-bond donors (Lipinski definition) is 2. The monoisotopic (exact) mass is 462 g/mol. The lowest BCUT2D eigenvalue weighted by molar-refractivity contribution is -0.118. The van der Waals surface area contributed by atoms with E-state index < -0.39 is 37.8 Å². The Morgan fingerprint density at radius 3 is 2.34 bits per heavy atom. The number of methoxy groups -OCH3 is 1. The van der Waals surface area contributed by atoms with Gasteiger partial charge >= 0.3 is 6.09 Å². The van der Waals surface area contributed by atoms with Crippen molar-refractivity contribution in [2.45, 2.75) is 32.3 Å². The Labute approximate surface area is 187 Å². The molecule has 0 aliphatic carbocycles. The Morgan fingerprint density at radius 1 is 1.12 bits per heavy atom. The van der Waals surface area contributed by atoms with Gasteiger partial charge in [-0.1, -0.05) is 56.6 Å². The minimum Gasteiger partial charge on any atom is -0.445 e. The van der Waals surface area contributed by atoms with Gasteiger partial charge in [-0.3, -0.25) is 4.79 Å². The largest absolute Gasteiger partial charge is 0.445 e. The highest BCUT2D eigenvalue weighted by atomic mass is 28.3. The molecule has 9 heteroatoms. The Morgan fingerprint density at radius 2 is 1.78 bits per heavy atom. The molecule has 0 saturated carbocycles. The molecule has 6 nitrogen and oxygen atoms in total. The Balaban J connectivity index is 2.32. The van der Waals surface area contributed by atoms with Crippen LogP contribution in [0.25, 0.3) is 0 Å². The first-order valence-corrected chi connectivity index (χ1v) is 13.5. The van der Waals surface area contributed by atoms with Crippen LogP contribution >= 0.6 is 0 Å². The quantitative estimate of drug-likeness (QED) is 0.432. The summed E-state index contributed by atoms with van der Waals surface area (Å²) >= 11 is 0. The van der Waals surface area contributed by atoms with Gasteiger partial charge in [0.05, 0.1) is 20.4 Å². The molecule has 2 aromatic carbocycles. The SMILES string of the molecule is C=CCOC(=O)N[C@@H](C(=O)Nc1cc(F)c([Si](C)(C)C)cc1F)c1ccc(COC)cc1. The van der Waals surface area contributed by atoms with Crippen LogP contribution in [0.15, 0.2) is 49.1 Å². The Hall–Kier alpha value is -3.04. The van der Waals surface area contributed by atoms with Gasteiger partial charge in [0.2, 0.25) is 0 Å². The first-order valence-electron chi connectivity index (χ1n) is 9.99. The van der Waals surface area contributed by atoms with Crippen LogP contribution in [0, 0.1) is 11.6 Å². The fraction of sp³-hybridized carbons (Fsp3) is 0.304. The van der Waals surface area contributed by atoms with Gasteiger partial charge < -0.3 is 20.1 Å². The first kappa shape index (κ1) is 25.2. The van der Waals surface area contributed by atoms with Gasteiger partial charge in [0.1, 0.15) is 24.3 Å². The van der Waals surface area contributed by atoms with E-state index in [0.29, 0.717) is 17.4 Å². The molecular formula is C23H28F2N2O4Si. The molecule has 0 aliphatic rings. The normalized spacial score (nSPS) is 12.1. The fourth-order valence-corrected chi connectivity index (χ4v) is 4.34. The van der Waals surface area contributed by atoms with E-state index in [2.05, 4.69) is 17.2 Å². The summed E-state index contributed by atoms with van der Waals surface area (Å²) in [5, 5.41) is 5.15. The molecule has 0 radical (unpaired) electrons. The lowest BCUT2D eigenvalue weighted by atomic mass is 10.0. The first-order chi connectivity index (χ1) is 15.1. The third-order valence-electron chi connectivity index (χ3n) is 4.60. The van der Waals surface area contributed by atoms with E-state index in [-0.39, 0.29) is 12.3 Å². The number of anilines is 1. The molecule has 1 atom stereocenters. The number of benzene rings is 2. The zero-order chi connectivity index (χ0) is 23.9. The number of hydrogen-bond acceptors (Lipinski definition) is 4. The average Bonchev–Trinajstić information content (AvgIpc) is 2.73. The molecular weight excluding hydrogens is 434 g/mol. The van der Waals surface area contributed by atoms with Crippen molar-refractivity contribution in [2.24, 2.45) is 0 Å². The molecule has 0 aromatic heterocycles. The number of alkyl carbamates (subject to hydrolysis) is 1. The zero-order valence-corrected chi connectivity index (χ0v) is 19.6. The summed E-state index contributed by atoms with van der Waals surface area (Å²) < 4.78 is 39.2. The van der Waals surface area contributed by atoms with E-state index in [1.807, 2.05) is 19.6 Å². The summed E-state index contributed by atoms with van der Waals surface area (Å²) in [6, 6.07) is 7.63. The predicted molar refractivity (Wildman–Crippen MR) is 123 cm³/mol. The smallest absolute Gasteiger partial charge is 0.408 e. The topological polar surface area (TPSA) is 76.7 Å². The molecule has 172 valence electrons. The number of nitrogens with one attached hydrogen (secondary N) is 2. The maximum absolute atomic E-state index is 14.7. The minimum absolute atomic E-state index is 0.0507. The molecule has 2 amide bonds. The van der Waals surface area contributed by atoms with Crippen LogP contribution in [0.4, 0.5) is 19.3 Å². The van der Waals surface area contributed by atoms with Gasteiger partial charge in [-0.2, -0.15) is 0 Å². The molecule has 0 spiro atoms. The maximum atomic E-state index is 14.7. The molecule has 0 bridgehead atoms. The zero-order valence-electron chi connectivity index (χ0n) is 18.6. The van der Waals surface area contributed by atoms with Crippen LogP contribution < -0.4 is 15.8 Å². The van der Waals surface area contributed by atoms with Crippen LogP contribution in [0.5, 0.6) is 0 Å². The third kappa shape index (κ3) is 6.73. The lowest BCUT2D eigenvalue weighted by Crippen LogP contribution is -2.41. The number of carbonyl (C=O) groups excluding carboxylic acids is 2. The van der Waals surface area contributed by atoms with E-state index in [1.54, 1.807) is 31.4 Å². The van der Waals surface area contributed by atoms with Crippen LogP contribution in [-0.2, 0) is 20.9 Å². The molecule has 0 fully saturated rings. The molecule has 0 unspecified atom stereocenters. The van der Waals surface area contributed by atoms with Crippen LogP contribution in [0.1, 0.15) is 17.2 Å². The number of ether oxygens (including phenoxy) is 2. The average molecular weight is 463 g/mol. The molecule has 0 aliphatic heterocycles. The molecule has 2 N–H and O–H groups in total. The summed E-state index contributed by atoms with van der Waals surface area (Å²) in [6.07, 6.45) is 0.527. The number of rotatable bonds is 9. The molecule has 0 heterocycles. The number of carbonyl (C=O) groups is 2. The van der Waals surface area contributed by atoms with Crippen LogP contribution in [0.2, 0.25) is 19.6 Å².